The monoisotopic (exact) mass is 267 g/mol. The summed E-state index contributed by atoms with van der Waals surface area (Å²) in [6.07, 6.45) is 3.46. The van der Waals surface area contributed by atoms with Crippen LogP contribution in [-0.4, -0.2) is 30.5 Å². The van der Waals surface area contributed by atoms with Gasteiger partial charge in [0.25, 0.3) is 0 Å². The van der Waals surface area contributed by atoms with Crippen LogP contribution in [0.1, 0.15) is 28.4 Å². The van der Waals surface area contributed by atoms with Gasteiger partial charge in [0.15, 0.2) is 0 Å². The summed E-state index contributed by atoms with van der Waals surface area (Å²) in [5.74, 6) is 0.903. The number of aromatic nitrogens is 1. The largest absolute Gasteiger partial charge is 0.355 e. The molecule has 0 saturated heterocycles. The van der Waals surface area contributed by atoms with E-state index in [1.165, 1.54) is 17.7 Å². The predicted octanol–water partition coefficient (Wildman–Crippen LogP) is 1.42. The lowest BCUT2D eigenvalue weighted by Gasteiger charge is -2.05. The average Bonchev–Trinajstić information content (AvgIpc) is 3.07. The van der Waals surface area contributed by atoms with Gasteiger partial charge in [0.05, 0.1) is 17.2 Å². The number of thiazole rings is 1. The van der Waals surface area contributed by atoms with Crippen molar-refractivity contribution >= 4 is 17.2 Å². The van der Waals surface area contributed by atoms with Gasteiger partial charge in [-0.05, 0) is 39.2 Å². The van der Waals surface area contributed by atoms with E-state index in [0.29, 0.717) is 13.1 Å². The Labute approximate surface area is 112 Å². The first kappa shape index (κ1) is 13.5. The standard InChI is InChI=1S/C13H21N3OS/c1-9-10(2)18-13(16-9)5-6-15-12(17)8-14-7-11-3-4-11/h11,14H,3-8H2,1-2H3,(H,15,17). The Balaban J connectivity index is 1.57. The van der Waals surface area contributed by atoms with Crippen molar-refractivity contribution in [3.8, 4) is 0 Å². The zero-order valence-corrected chi connectivity index (χ0v) is 11.9. The van der Waals surface area contributed by atoms with E-state index >= 15 is 0 Å². The van der Waals surface area contributed by atoms with E-state index in [9.17, 15) is 4.79 Å². The topological polar surface area (TPSA) is 54.0 Å². The summed E-state index contributed by atoms with van der Waals surface area (Å²) in [6.45, 7) is 6.20. The molecule has 2 N–H and O–H groups in total. The van der Waals surface area contributed by atoms with Gasteiger partial charge in [0.2, 0.25) is 5.91 Å². The van der Waals surface area contributed by atoms with Gasteiger partial charge in [0.1, 0.15) is 0 Å². The van der Waals surface area contributed by atoms with Crippen LogP contribution in [0.4, 0.5) is 0 Å². The molecule has 1 fully saturated rings. The van der Waals surface area contributed by atoms with Gasteiger partial charge in [-0.1, -0.05) is 0 Å². The lowest BCUT2D eigenvalue weighted by Crippen LogP contribution is -2.35. The van der Waals surface area contributed by atoms with Crippen molar-refractivity contribution in [1.82, 2.24) is 15.6 Å². The Hall–Kier alpha value is -0.940. The van der Waals surface area contributed by atoms with Crippen molar-refractivity contribution in [3.63, 3.8) is 0 Å². The van der Waals surface area contributed by atoms with E-state index in [1.54, 1.807) is 11.3 Å². The molecule has 1 heterocycles. The molecule has 0 radical (unpaired) electrons. The summed E-state index contributed by atoms with van der Waals surface area (Å²) in [6, 6.07) is 0. The SMILES string of the molecule is Cc1nc(CCNC(=O)CNCC2CC2)sc1C. The third kappa shape index (κ3) is 4.38. The Morgan fingerprint density at radius 3 is 2.83 bits per heavy atom. The van der Waals surface area contributed by atoms with Crippen LogP contribution in [0.5, 0.6) is 0 Å². The molecule has 0 unspecified atom stereocenters. The van der Waals surface area contributed by atoms with Crippen molar-refractivity contribution in [2.24, 2.45) is 5.92 Å². The van der Waals surface area contributed by atoms with Gasteiger partial charge < -0.3 is 10.6 Å². The van der Waals surface area contributed by atoms with E-state index in [4.69, 9.17) is 0 Å². The van der Waals surface area contributed by atoms with E-state index in [2.05, 4.69) is 22.5 Å². The number of hydrogen-bond acceptors (Lipinski definition) is 4. The number of aryl methyl sites for hydroxylation is 2. The summed E-state index contributed by atoms with van der Waals surface area (Å²) in [7, 11) is 0. The van der Waals surface area contributed by atoms with Crippen LogP contribution in [0.25, 0.3) is 0 Å². The van der Waals surface area contributed by atoms with Crippen molar-refractivity contribution < 1.29 is 4.79 Å². The molecule has 0 atom stereocenters. The number of amides is 1. The summed E-state index contributed by atoms with van der Waals surface area (Å²) in [5.41, 5.74) is 1.10. The van der Waals surface area contributed by atoms with Crippen molar-refractivity contribution in [2.45, 2.75) is 33.1 Å². The molecule has 18 heavy (non-hydrogen) atoms. The summed E-state index contributed by atoms with van der Waals surface area (Å²) < 4.78 is 0. The molecule has 1 aliphatic rings. The highest BCUT2D eigenvalue weighted by Crippen LogP contribution is 2.27. The molecule has 0 bridgehead atoms. The molecule has 1 amide bonds. The zero-order chi connectivity index (χ0) is 13.0. The van der Waals surface area contributed by atoms with Crippen molar-refractivity contribution in [2.75, 3.05) is 19.6 Å². The minimum absolute atomic E-state index is 0.0839. The van der Waals surface area contributed by atoms with Crippen molar-refractivity contribution in [3.05, 3.63) is 15.6 Å². The molecule has 1 aliphatic carbocycles. The molecule has 0 spiro atoms. The molecule has 1 aromatic rings. The van der Waals surface area contributed by atoms with Gasteiger partial charge in [-0.2, -0.15) is 0 Å². The minimum atomic E-state index is 0.0839. The fourth-order valence-electron chi connectivity index (χ4n) is 1.73. The molecule has 1 saturated carbocycles. The first-order valence-electron chi connectivity index (χ1n) is 6.55. The van der Waals surface area contributed by atoms with Gasteiger partial charge in [0, 0.05) is 17.8 Å². The minimum Gasteiger partial charge on any atom is -0.355 e. The second-order valence-electron chi connectivity index (χ2n) is 4.92. The first-order valence-corrected chi connectivity index (χ1v) is 7.37. The van der Waals surface area contributed by atoms with E-state index in [1.807, 2.05) is 6.92 Å². The van der Waals surface area contributed by atoms with Crippen LogP contribution in [0, 0.1) is 19.8 Å². The number of hydrogen-bond donors (Lipinski definition) is 2. The quantitative estimate of drug-likeness (QED) is 0.785. The van der Waals surface area contributed by atoms with Crippen LogP contribution in [0.3, 0.4) is 0 Å². The van der Waals surface area contributed by atoms with E-state index in [0.717, 1.165) is 29.6 Å². The molecular formula is C13H21N3OS. The van der Waals surface area contributed by atoms with Gasteiger partial charge in [-0.3, -0.25) is 4.79 Å². The van der Waals surface area contributed by atoms with E-state index in [-0.39, 0.29) is 5.91 Å². The Morgan fingerprint density at radius 1 is 1.44 bits per heavy atom. The van der Waals surface area contributed by atoms with Crippen LogP contribution < -0.4 is 10.6 Å². The lowest BCUT2D eigenvalue weighted by atomic mass is 10.4. The molecular weight excluding hydrogens is 246 g/mol. The van der Waals surface area contributed by atoms with Gasteiger partial charge in [-0.25, -0.2) is 4.98 Å². The average molecular weight is 267 g/mol. The highest BCUT2D eigenvalue weighted by Gasteiger charge is 2.20. The molecule has 2 rings (SSSR count). The van der Waals surface area contributed by atoms with Crippen LogP contribution in [0.15, 0.2) is 0 Å². The molecule has 0 aromatic carbocycles. The van der Waals surface area contributed by atoms with Crippen LogP contribution in [-0.2, 0) is 11.2 Å². The Bertz CT molecular complexity index is 393. The molecule has 5 heteroatoms. The summed E-state index contributed by atoms with van der Waals surface area (Å²) >= 11 is 1.72. The normalized spacial score (nSPS) is 14.8. The summed E-state index contributed by atoms with van der Waals surface area (Å²) in [5, 5.41) is 7.21. The molecule has 1 aromatic heterocycles. The van der Waals surface area contributed by atoms with Gasteiger partial charge in [-0.15, -0.1) is 11.3 Å². The highest BCUT2D eigenvalue weighted by molar-refractivity contribution is 7.11. The predicted molar refractivity (Wildman–Crippen MR) is 73.9 cm³/mol. The maximum absolute atomic E-state index is 11.5. The Kier molecular flexibility index (Phi) is 4.72. The van der Waals surface area contributed by atoms with Crippen LogP contribution >= 0.6 is 11.3 Å². The summed E-state index contributed by atoms with van der Waals surface area (Å²) in [4.78, 5) is 17.2. The third-order valence-corrected chi connectivity index (χ3v) is 4.28. The number of nitrogens with one attached hydrogen (secondary N) is 2. The highest BCUT2D eigenvalue weighted by atomic mass is 32.1. The maximum Gasteiger partial charge on any atom is 0.233 e. The lowest BCUT2D eigenvalue weighted by molar-refractivity contribution is -0.120. The third-order valence-electron chi connectivity index (χ3n) is 3.15. The maximum atomic E-state index is 11.5. The first-order chi connectivity index (χ1) is 8.65. The molecule has 4 nitrogen and oxygen atoms in total. The Morgan fingerprint density at radius 2 is 2.22 bits per heavy atom. The number of carbonyl (C=O) groups is 1. The molecule has 100 valence electrons. The second-order valence-corrected chi connectivity index (χ2v) is 6.21. The van der Waals surface area contributed by atoms with Crippen LogP contribution in [0.2, 0.25) is 0 Å². The number of carbonyl (C=O) groups excluding carboxylic acids is 1. The number of rotatable bonds is 7. The zero-order valence-electron chi connectivity index (χ0n) is 11.1. The smallest absolute Gasteiger partial charge is 0.233 e. The van der Waals surface area contributed by atoms with E-state index < -0.39 is 0 Å². The fourth-order valence-corrected chi connectivity index (χ4v) is 2.66. The molecule has 0 aliphatic heterocycles. The number of nitrogens with zero attached hydrogens (tertiary/aromatic N) is 1. The second kappa shape index (κ2) is 6.29. The fraction of sp³-hybridized carbons (Fsp3) is 0.692. The van der Waals surface area contributed by atoms with Crippen molar-refractivity contribution in [1.29, 1.82) is 0 Å². The van der Waals surface area contributed by atoms with Gasteiger partial charge >= 0.3 is 0 Å².